The third kappa shape index (κ3) is 4.41. The van der Waals surface area contributed by atoms with Gasteiger partial charge in [-0.3, -0.25) is 4.79 Å². The predicted molar refractivity (Wildman–Crippen MR) is 82.4 cm³/mol. The number of rotatable bonds is 7. The zero-order valence-corrected chi connectivity index (χ0v) is 12.5. The lowest BCUT2D eigenvalue weighted by molar-refractivity contribution is 0.100. The van der Waals surface area contributed by atoms with Crippen molar-refractivity contribution >= 4 is 11.7 Å². The fourth-order valence-corrected chi connectivity index (χ4v) is 2.75. The minimum atomic E-state index is -0.418. The number of pyridine rings is 1. The first kappa shape index (κ1) is 15.7. The van der Waals surface area contributed by atoms with Gasteiger partial charge in [-0.25, -0.2) is 4.98 Å². The summed E-state index contributed by atoms with van der Waals surface area (Å²) in [5, 5.41) is 3.40. The smallest absolute Gasteiger partial charge is 0.252 e. The molecule has 1 fully saturated rings. The SMILES string of the molecule is COCCNCC1CCCN(c2ncccc2C(N)=O)C1. The molecular formula is C15H24N4O2. The molecule has 1 unspecified atom stereocenters. The van der Waals surface area contributed by atoms with Crippen LogP contribution in [0.1, 0.15) is 23.2 Å². The Bertz CT molecular complexity index is 467. The Labute approximate surface area is 125 Å². The molecule has 1 aromatic heterocycles. The van der Waals surface area contributed by atoms with Crippen LogP contribution in [0.25, 0.3) is 0 Å². The molecule has 1 aliphatic heterocycles. The number of anilines is 1. The third-order valence-corrected chi connectivity index (χ3v) is 3.79. The molecule has 6 nitrogen and oxygen atoms in total. The molecule has 21 heavy (non-hydrogen) atoms. The van der Waals surface area contributed by atoms with Gasteiger partial charge in [0.2, 0.25) is 0 Å². The van der Waals surface area contributed by atoms with Crippen molar-refractivity contribution in [1.82, 2.24) is 10.3 Å². The van der Waals surface area contributed by atoms with E-state index in [4.69, 9.17) is 10.5 Å². The molecule has 3 N–H and O–H groups in total. The number of nitrogens with one attached hydrogen (secondary N) is 1. The molecule has 0 bridgehead atoms. The minimum absolute atomic E-state index is 0.418. The van der Waals surface area contributed by atoms with Crippen LogP contribution in [0.15, 0.2) is 18.3 Å². The number of primary amides is 1. The molecule has 0 aromatic carbocycles. The molecule has 1 aromatic rings. The fraction of sp³-hybridized carbons (Fsp3) is 0.600. The second kappa shape index (κ2) is 7.95. The van der Waals surface area contributed by atoms with Crippen molar-refractivity contribution in [2.45, 2.75) is 12.8 Å². The van der Waals surface area contributed by atoms with E-state index in [0.717, 1.165) is 39.2 Å². The fourth-order valence-electron chi connectivity index (χ4n) is 2.75. The van der Waals surface area contributed by atoms with Gasteiger partial charge >= 0.3 is 0 Å². The molecule has 1 atom stereocenters. The van der Waals surface area contributed by atoms with Gasteiger partial charge in [0.05, 0.1) is 12.2 Å². The maximum atomic E-state index is 11.5. The summed E-state index contributed by atoms with van der Waals surface area (Å²) in [7, 11) is 1.70. The molecule has 2 heterocycles. The summed E-state index contributed by atoms with van der Waals surface area (Å²) in [4.78, 5) is 18.0. The average molecular weight is 292 g/mol. The number of hydrogen-bond acceptors (Lipinski definition) is 5. The number of piperidine rings is 1. The number of ether oxygens (including phenoxy) is 1. The van der Waals surface area contributed by atoms with E-state index in [-0.39, 0.29) is 0 Å². The van der Waals surface area contributed by atoms with Crippen molar-refractivity contribution in [1.29, 1.82) is 0 Å². The summed E-state index contributed by atoms with van der Waals surface area (Å²) in [6.07, 6.45) is 4.00. The Morgan fingerprint density at radius 3 is 3.24 bits per heavy atom. The van der Waals surface area contributed by atoms with Gasteiger partial charge < -0.3 is 20.7 Å². The summed E-state index contributed by atoms with van der Waals surface area (Å²) < 4.78 is 5.03. The number of carbonyl (C=O) groups excluding carboxylic acids is 1. The highest BCUT2D eigenvalue weighted by molar-refractivity contribution is 5.97. The van der Waals surface area contributed by atoms with Crippen LogP contribution in [-0.4, -0.2) is 50.8 Å². The van der Waals surface area contributed by atoms with E-state index in [1.165, 1.54) is 6.42 Å². The van der Waals surface area contributed by atoms with Crippen LogP contribution in [-0.2, 0) is 4.74 Å². The van der Waals surface area contributed by atoms with Gasteiger partial charge in [-0.15, -0.1) is 0 Å². The lowest BCUT2D eigenvalue weighted by Crippen LogP contribution is -2.41. The summed E-state index contributed by atoms with van der Waals surface area (Å²) in [5.74, 6) is 0.850. The summed E-state index contributed by atoms with van der Waals surface area (Å²) in [6, 6.07) is 3.49. The van der Waals surface area contributed by atoms with Crippen molar-refractivity contribution in [3.63, 3.8) is 0 Å². The monoisotopic (exact) mass is 292 g/mol. The molecule has 1 aliphatic rings. The first-order valence-electron chi connectivity index (χ1n) is 7.41. The van der Waals surface area contributed by atoms with Crippen LogP contribution >= 0.6 is 0 Å². The zero-order valence-electron chi connectivity index (χ0n) is 12.5. The quantitative estimate of drug-likeness (QED) is 0.721. The lowest BCUT2D eigenvalue weighted by Gasteiger charge is -2.34. The van der Waals surface area contributed by atoms with E-state index < -0.39 is 5.91 Å². The van der Waals surface area contributed by atoms with E-state index in [1.54, 1.807) is 25.4 Å². The van der Waals surface area contributed by atoms with Gasteiger partial charge in [-0.05, 0) is 37.4 Å². The molecule has 2 rings (SSSR count). The van der Waals surface area contributed by atoms with Gasteiger partial charge in [0.25, 0.3) is 5.91 Å². The largest absolute Gasteiger partial charge is 0.383 e. The van der Waals surface area contributed by atoms with Crippen LogP contribution < -0.4 is 16.0 Å². The van der Waals surface area contributed by atoms with Crippen molar-refractivity contribution in [3.8, 4) is 0 Å². The Hall–Kier alpha value is -1.66. The second-order valence-corrected chi connectivity index (χ2v) is 5.39. The second-order valence-electron chi connectivity index (χ2n) is 5.39. The lowest BCUT2D eigenvalue weighted by atomic mass is 9.97. The molecule has 1 amide bonds. The van der Waals surface area contributed by atoms with Crippen LogP contribution in [0, 0.1) is 5.92 Å². The molecule has 116 valence electrons. The Balaban J connectivity index is 1.96. The molecule has 0 saturated carbocycles. The number of methoxy groups -OCH3 is 1. The Morgan fingerprint density at radius 2 is 2.48 bits per heavy atom. The van der Waals surface area contributed by atoms with Crippen molar-refractivity contribution in [3.05, 3.63) is 23.9 Å². The van der Waals surface area contributed by atoms with Gasteiger partial charge in [0.15, 0.2) is 0 Å². The van der Waals surface area contributed by atoms with E-state index in [1.807, 2.05) is 0 Å². The molecule has 0 aliphatic carbocycles. The number of amides is 1. The van der Waals surface area contributed by atoms with Crippen molar-refractivity contribution in [2.75, 3.05) is 44.8 Å². The van der Waals surface area contributed by atoms with Gasteiger partial charge in [-0.1, -0.05) is 0 Å². The first-order chi connectivity index (χ1) is 10.2. The molecule has 1 saturated heterocycles. The molecule has 0 radical (unpaired) electrons. The standard InChI is InChI=1S/C15H24N4O2/c1-21-9-7-17-10-12-4-3-8-19(11-12)15-13(14(16)20)5-2-6-18-15/h2,5-6,12,17H,3-4,7-11H2,1H3,(H2,16,20). The maximum absolute atomic E-state index is 11.5. The van der Waals surface area contributed by atoms with Crippen LogP contribution in [0.4, 0.5) is 5.82 Å². The van der Waals surface area contributed by atoms with Crippen LogP contribution in [0.5, 0.6) is 0 Å². The highest BCUT2D eigenvalue weighted by Crippen LogP contribution is 2.23. The number of aromatic nitrogens is 1. The van der Waals surface area contributed by atoms with Crippen LogP contribution in [0.3, 0.4) is 0 Å². The first-order valence-corrected chi connectivity index (χ1v) is 7.41. The zero-order chi connectivity index (χ0) is 15.1. The Morgan fingerprint density at radius 1 is 1.62 bits per heavy atom. The normalized spacial score (nSPS) is 18.7. The van der Waals surface area contributed by atoms with E-state index >= 15 is 0 Å². The Kier molecular flexibility index (Phi) is 5.95. The average Bonchev–Trinajstić information content (AvgIpc) is 2.52. The number of hydrogen-bond donors (Lipinski definition) is 2. The molecule has 0 spiro atoms. The van der Waals surface area contributed by atoms with Gasteiger partial charge in [-0.2, -0.15) is 0 Å². The topological polar surface area (TPSA) is 80.5 Å². The highest BCUT2D eigenvalue weighted by Gasteiger charge is 2.23. The van der Waals surface area contributed by atoms with Crippen molar-refractivity contribution in [2.24, 2.45) is 11.7 Å². The number of nitrogens with zero attached hydrogens (tertiary/aromatic N) is 2. The van der Waals surface area contributed by atoms with Crippen molar-refractivity contribution < 1.29 is 9.53 Å². The third-order valence-electron chi connectivity index (χ3n) is 3.79. The van der Waals surface area contributed by atoms with Gasteiger partial charge in [0, 0.05) is 32.9 Å². The number of carbonyl (C=O) groups is 1. The molecule has 6 heteroatoms. The summed E-state index contributed by atoms with van der Waals surface area (Å²) >= 11 is 0. The number of nitrogens with two attached hydrogens (primary N) is 1. The maximum Gasteiger partial charge on any atom is 0.252 e. The highest BCUT2D eigenvalue weighted by atomic mass is 16.5. The molecular weight excluding hydrogens is 268 g/mol. The van der Waals surface area contributed by atoms with E-state index in [2.05, 4.69) is 15.2 Å². The van der Waals surface area contributed by atoms with Crippen LogP contribution in [0.2, 0.25) is 0 Å². The minimum Gasteiger partial charge on any atom is -0.383 e. The van der Waals surface area contributed by atoms with E-state index in [0.29, 0.717) is 17.3 Å². The predicted octanol–water partition coefficient (Wildman–Crippen LogP) is 0.633. The summed E-state index contributed by atoms with van der Waals surface area (Å²) in [5.41, 5.74) is 5.94. The van der Waals surface area contributed by atoms with E-state index in [9.17, 15) is 4.79 Å². The van der Waals surface area contributed by atoms with Gasteiger partial charge in [0.1, 0.15) is 5.82 Å². The summed E-state index contributed by atoms with van der Waals surface area (Å²) in [6.45, 7) is 4.37.